The smallest absolute Gasteiger partial charge is 0.264 e. The van der Waals surface area contributed by atoms with Crippen LogP contribution in [0.4, 0.5) is 43.9 Å². The van der Waals surface area contributed by atoms with Gasteiger partial charge in [-0.3, -0.25) is 0 Å². The first-order valence-corrected chi connectivity index (χ1v) is 9.02. The lowest BCUT2D eigenvalue weighted by Crippen LogP contribution is -2.59. The molecular formula is C21H11BF10O. The van der Waals surface area contributed by atoms with Crippen LogP contribution in [0.1, 0.15) is 11.1 Å². The van der Waals surface area contributed by atoms with Crippen molar-refractivity contribution in [3.8, 4) is 5.75 Å². The molecule has 1 nitrogen and oxygen atoms in total. The molecular weight excluding hydrogens is 469 g/mol. The van der Waals surface area contributed by atoms with Gasteiger partial charge in [0, 0.05) is 16.4 Å². The van der Waals surface area contributed by atoms with Crippen LogP contribution in [0.2, 0.25) is 0 Å². The topological polar surface area (TPSA) is 9.23 Å². The Kier molecular flexibility index (Phi) is 6.41. The summed E-state index contributed by atoms with van der Waals surface area (Å²) in [5.74, 6) is -22.1. The third-order valence-corrected chi connectivity index (χ3v) is 5.08. The largest absolute Gasteiger partial charge is 0.491 e. The maximum absolute atomic E-state index is 15.0. The minimum atomic E-state index is -2.97. The fourth-order valence-electron chi connectivity index (χ4n) is 3.48. The summed E-state index contributed by atoms with van der Waals surface area (Å²) in [5, 5.41) is 0. The van der Waals surface area contributed by atoms with Crippen molar-refractivity contribution in [1.29, 1.82) is 0 Å². The van der Waals surface area contributed by atoms with Gasteiger partial charge in [0.1, 0.15) is 11.6 Å². The van der Waals surface area contributed by atoms with Crippen molar-refractivity contribution < 1.29 is 48.6 Å². The van der Waals surface area contributed by atoms with E-state index in [9.17, 15) is 39.5 Å². The Hall–Kier alpha value is -3.18. The highest BCUT2D eigenvalue weighted by molar-refractivity contribution is 6.95. The Morgan fingerprint density at radius 2 is 0.909 bits per heavy atom. The van der Waals surface area contributed by atoms with E-state index >= 15 is 4.39 Å². The van der Waals surface area contributed by atoms with Crippen LogP contribution in [0.3, 0.4) is 0 Å². The third-order valence-electron chi connectivity index (χ3n) is 5.08. The maximum atomic E-state index is 15.0. The summed E-state index contributed by atoms with van der Waals surface area (Å²) < 4.78 is 150. The molecule has 0 atom stereocenters. The Labute approximate surface area is 180 Å². The van der Waals surface area contributed by atoms with E-state index in [0.717, 1.165) is 13.8 Å². The Morgan fingerprint density at radius 3 is 1.30 bits per heavy atom. The molecule has 174 valence electrons. The summed E-state index contributed by atoms with van der Waals surface area (Å²) in [7, 11) is 0.622. The standard InChI is InChI=1S/C21H11BF10O/c1-6-4-8(23)10(15(27)13(6)25)22(11-9(24)5-7(2)14(26)16(11)28)12-17(29)19(31)20(32)21(33-3)18(12)30/h4-5H,1-3H3. The molecule has 0 aliphatic rings. The van der Waals surface area contributed by atoms with E-state index < -0.39 is 98.1 Å². The van der Waals surface area contributed by atoms with Gasteiger partial charge in [0.25, 0.3) is 6.71 Å². The molecule has 0 saturated carbocycles. The second-order valence-electron chi connectivity index (χ2n) is 7.07. The molecule has 33 heavy (non-hydrogen) atoms. The predicted molar refractivity (Wildman–Crippen MR) is 99.6 cm³/mol. The fraction of sp³-hybridized carbons (Fsp3) is 0.143. The predicted octanol–water partition coefficient (Wildman–Crippen LogP) is 4.22. The summed E-state index contributed by atoms with van der Waals surface area (Å²) in [5.41, 5.74) is -6.46. The first kappa shape index (κ1) is 24.5. The number of aryl methyl sites for hydroxylation is 2. The summed E-state index contributed by atoms with van der Waals surface area (Å²) in [6.45, 7) is -1.15. The number of hydrogen-bond acceptors (Lipinski definition) is 1. The molecule has 0 saturated heterocycles. The Balaban J connectivity index is 2.61. The van der Waals surface area contributed by atoms with Crippen LogP contribution >= 0.6 is 0 Å². The molecule has 0 bridgehead atoms. The van der Waals surface area contributed by atoms with Crippen molar-refractivity contribution in [2.45, 2.75) is 13.8 Å². The molecule has 3 aromatic rings. The molecule has 0 fully saturated rings. The Bertz CT molecular complexity index is 1230. The zero-order chi connectivity index (χ0) is 24.9. The van der Waals surface area contributed by atoms with Crippen LogP contribution in [-0.2, 0) is 0 Å². The minimum absolute atomic E-state index is 0.341. The second-order valence-corrected chi connectivity index (χ2v) is 7.07. The molecule has 3 rings (SSSR count). The summed E-state index contributed by atoms with van der Waals surface area (Å²) in [6, 6.07) is 0.683. The van der Waals surface area contributed by atoms with E-state index in [2.05, 4.69) is 4.74 Å². The van der Waals surface area contributed by atoms with Crippen molar-refractivity contribution in [3.63, 3.8) is 0 Å². The maximum Gasteiger partial charge on any atom is 0.264 e. The number of hydrogen-bond donors (Lipinski definition) is 0. The van der Waals surface area contributed by atoms with Crippen LogP contribution in [0.5, 0.6) is 5.75 Å². The number of methoxy groups -OCH3 is 1. The number of ether oxygens (including phenoxy) is 1. The van der Waals surface area contributed by atoms with E-state index in [1.807, 2.05) is 0 Å². The monoisotopic (exact) mass is 480 g/mol. The zero-order valence-corrected chi connectivity index (χ0v) is 16.9. The molecule has 0 aromatic heterocycles. The Morgan fingerprint density at radius 1 is 0.515 bits per heavy atom. The van der Waals surface area contributed by atoms with Gasteiger partial charge in [0.15, 0.2) is 46.5 Å². The zero-order valence-electron chi connectivity index (χ0n) is 16.9. The van der Waals surface area contributed by atoms with Gasteiger partial charge in [-0.15, -0.1) is 0 Å². The van der Waals surface area contributed by atoms with E-state index in [-0.39, 0.29) is 0 Å². The van der Waals surface area contributed by atoms with E-state index in [4.69, 9.17) is 0 Å². The van der Waals surface area contributed by atoms with Gasteiger partial charge in [-0.1, -0.05) is 0 Å². The lowest BCUT2D eigenvalue weighted by atomic mass is 9.35. The van der Waals surface area contributed by atoms with Gasteiger partial charge in [0.05, 0.1) is 7.11 Å². The molecule has 0 N–H and O–H groups in total. The fourth-order valence-corrected chi connectivity index (χ4v) is 3.48. The van der Waals surface area contributed by atoms with Crippen molar-refractivity contribution >= 4 is 23.1 Å². The number of rotatable bonds is 4. The molecule has 0 spiro atoms. The number of benzene rings is 3. The molecule has 0 aliphatic carbocycles. The SMILES string of the molecule is COc1c(F)c(F)c(F)c(B(c2c(F)cc(C)c(F)c2F)c2c(F)cc(C)c(F)c2F)c1F. The molecule has 0 amide bonds. The molecule has 0 unspecified atom stereocenters. The van der Waals surface area contributed by atoms with Gasteiger partial charge >= 0.3 is 0 Å². The average molecular weight is 480 g/mol. The van der Waals surface area contributed by atoms with Gasteiger partial charge in [-0.25, -0.2) is 39.5 Å². The van der Waals surface area contributed by atoms with E-state index in [0.29, 0.717) is 19.2 Å². The molecule has 3 aromatic carbocycles. The second kappa shape index (κ2) is 8.64. The van der Waals surface area contributed by atoms with Crippen molar-refractivity contribution in [3.05, 3.63) is 81.4 Å². The van der Waals surface area contributed by atoms with Crippen LogP contribution < -0.4 is 21.1 Å². The van der Waals surface area contributed by atoms with Crippen LogP contribution in [0, 0.1) is 72.0 Å². The van der Waals surface area contributed by atoms with Crippen LogP contribution in [0.25, 0.3) is 0 Å². The molecule has 0 aliphatic heterocycles. The van der Waals surface area contributed by atoms with Gasteiger partial charge in [-0.2, -0.15) is 4.39 Å². The highest BCUT2D eigenvalue weighted by Gasteiger charge is 2.42. The van der Waals surface area contributed by atoms with Crippen molar-refractivity contribution in [2.75, 3.05) is 7.11 Å². The highest BCUT2D eigenvalue weighted by atomic mass is 19.2. The van der Waals surface area contributed by atoms with Crippen LogP contribution in [0.15, 0.2) is 12.1 Å². The first-order valence-electron chi connectivity index (χ1n) is 9.02. The van der Waals surface area contributed by atoms with Gasteiger partial charge in [-0.05, 0) is 37.1 Å². The van der Waals surface area contributed by atoms with Crippen molar-refractivity contribution in [1.82, 2.24) is 0 Å². The molecule has 0 radical (unpaired) electrons. The quantitative estimate of drug-likeness (QED) is 0.235. The van der Waals surface area contributed by atoms with Gasteiger partial charge < -0.3 is 4.74 Å². The van der Waals surface area contributed by atoms with E-state index in [1.165, 1.54) is 0 Å². The molecule has 0 heterocycles. The lowest BCUT2D eigenvalue weighted by molar-refractivity contribution is 0.338. The summed E-state index contributed by atoms with van der Waals surface area (Å²) >= 11 is 0. The average Bonchev–Trinajstić information content (AvgIpc) is 2.74. The number of halogens is 10. The first-order chi connectivity index (χ1) is 15.3. The summed E-state index contributed by atoms with van der Waals surface area (Å²) in [6.07, 6.45) is 0. The minimum Gasteiger partial charge on any atom is -0.491 e. The lowest BCUT2D eigenvalue weighted by Gasteiger charge is -2.22. The third kappa shape index (κ3) is 3.70. The van der Waals surface area contributed by atoms with Crippen LogP contribution in [-0.4, -0.2) is 13.8 Å². The normalized spacial score (nSPS) is 11.2. The summed E-state index contributed by atoms with van der Waals surface area (Å²) in [4.78, 5) is 0. The van der Waals surface area contributed by atoms with Crippen molar-refractivity contribution in [2.24, 2.45) is 0 Å². The molecule has 12 heteroatoms. The highest BCUT2D eigenvalue weighted by Crippen LogP contribution is 2.26. The van der Waals surface area contributed by atoms with E-state index in [1.54, 1.807) is 0 Å². The van der Waals surface area contributed by atoms with Gasteiger partial charge in [0.2, 0.25) is 5.82 Å².